The highest BCUT2D eigenvalue weighted by atomic mass is 16.3. The molecule has 2 aliphatic carbocycles. The number of rotatable bonds is 5. The number of hydrogen-bond donors (Lipinski definition) is 2. The molecular formula is C12H18N2O. The molecule has 0 aromatic carbocycles. The Morgan fingerprint density at radius 1 is 1.33 bits per heavy atom. The molecule has 0 bridgehead atoms. The zero-order valence-electron chi connectivity index (χ0n) is 8.95. The van der Waals surface area contributed by atoms with E-state index in [1.165, 1.54) is 12.8 Å². The summed E-state index contributed by atoms with van der Waals surface area (Å²) in [6.07, 6.45) is 6.38. The number of nitrogens with zero attached hydrogens (tertiary/aromatic N) is 1. The maximum atomic E-state index is 9.18. The first kappa shape index (κ1) is 10.4. The lowest BCUT2D eigenvalue weighted by atomic mass is 10.1. The van der Waals surface area contributed by atoms with E-state index in [2.05, 4.69) is 11.6 Å². The Morgan fingerprint density at radius 3 is 2.40 bits per heavy atom. The van der Waals surface area contributed by atoms with Crippen molar-refractivity contribution in [2.75, 3.05) is 6.61 Å². The number of aliphatic hydroxyl groups excluding tert-OH is 1. The van der Waals surface area contributed by atoms with Gasteiger partial charge in [0, 0.05) is 29.1 Å². The van der Waals surface area contributed by atoms with E-state index in [0.29, 0.717) is 11.8 Å². The molecule has 0 unspecified atom stereocenters. The maximum Gasteiger partial charge on any atom is 0.0713 e. The van der Waals surface area contributed by atoms with Crippen LogP contribution in [0.1, 0.15) is 25.7 Å². The Balaban J connectivity index is 1.99. The molecule has 3 N–H and O–H groups in total. The summed E-state index contributed by atoms with van der Waals surface area (Å²) in [5, 5.41) is 9.18. The summed E-state index contributed by atoms with van der Waals surface area (Å²) in [6.45, 7) is 3.88. The molecule has 0 spiro atoms. The van der Waals surface area contributed by atoms with Crippen LogP contribution in [-0.4, -0.2) is 17.9 Å². The smallest absolute Gasteiger partial charge is 0.0713 e. The Labute approximate surface area is 90.4 Å². The second kappa shape index (κ2) is 4.19. The third kappa shape index (κ3) is 2.69. The summed E-state index contributed by atoms with van der Waals surface area (Å²) >= 11 is 0. The summed E-state index contributed by atoms with van der Waals surface area (Å²) < 4.78 is 0. The van der Waals surface area contributed by atoms with E-state index in [4.69, 9.17) is 5.73 Å². The minimum atomic E-state index is -0.0240. The predicted molar refractivity (Wildman–Crippen MR) is 61.4 cm³/mol. The fourth-order valence-electron chi connectivity index (χ4n) is 1.55. The van der Waals surface area contributed by atoms with E-state index in [1.54, 1.807) is 6.21 Å². The number of nitrogens with two attached hydrogens (primary N) is 1. The van der Waals surface area contributed by atoms with Crippen molar-refractivity contribution in [2.45, 2.75) is 25.7 Å². The van der Waals surface area contributed by atoms with Crippen molar-refractivity contribution in [3.05, 3.63) is 23.5 Å². The summed E-state index contributed by atoms with van der Waals surface area (Å²) in [5.74, 6) is 1.05. The van der Waals surface area contributed by atoms with E-state index in [0.717, 1.165) is 29.8 Å². The average molecular weight is 206 g/mol. The third-order valence-corrected chi connectivity index (χ3v) is 2.99. The maximum absolute atomic E-state index is 9.18. The highest BCUT2D eigenvalue weighted by Crippen LogP contribution is 2.36. The predicted octanol–water partition coefficient (Wildman–Crippen LogP) is 1.60. The molecule has 0 atom stereocenters. The Bertz CT molecular complexity index is 323. The highest BCUT2D eigenvalue weighted by molar-refractivity contribution is 5.80. The van der Waals surface area contributed by atoms with Crippen LogP contribution in [0, 0.1) is 11.8 Å². The van der Waals surface area contributed by atoms with Crippen LogP contribution in [0.3, 0.4) is 0 Å². The quantitative estimate of drug-likeness (QED) is 0.671. The van der Waals surface area contributed by atoms with Crippen LogP contribution in [0.25, 0.3) is 0 Å². The lowest BCUT2D eigenvalue weighted by Gasteiger charge is -2.03. The molecule has 3 nitrogen and oxygen atoms in total. The molecule has 2 fully saturated rings. The van der Waals surface area contributed by atoms with Crippen LogP contribution in [0.2, 0.25) is 0 Å². The van der Waals surface area contributed by atoms with Crippen LogP contribution in [0.4, 0.5) is 0 Å². The van der Waals surface area contributed by atoms with Crippen molar-refractivity contribution in [1.82, 2.24) is 0 Å². The molecular weight excluding hydrogens is 188 g/mol. The molecule has 2 rings (SSSR count). The van der Waals surface area contributed by atoms with Crippen LogP contribution in [0.15, 0.2) is 28.5 Å². The minimum Gasteiger partial charge on any atom is -0.401 e. The van der Waals surface area contributed by atoms with Crippen molar-refractivity contribution in [3.63, 3.8) is 0 Å². The van der Waals surface area contributed by atoms with E-state index >= 15 is 0 Å². The Kier molecular flexibility index (Phi) is 2.91. The van der Waals surface area contributed by atoms with Gasteiger partial charge >= 0.3 is 0 Å². The van der Waals surface area contributed by atoms with Gasteiger partial charge in [-0.2, -0.15) is 0 Å². The van der Waals surface area contributed by atoms with Crippen molar-refractivity contribution < 1.29 is 5.11 Å². The lowest BCUT2D eigenvalue weighted by Crippen LogP contribution is -2.08. The zero-order chi connectivity index (χ0) is 10.8. The van der Waals surface area contributed by atoms with Gasteiger partial charge in [-0.3, -0.25) is 4.99 Å². The van der Waals surface area contributed by atoms with E-state index in [-0.39, 0.29) is 6.61 Å². The van der Waals surface area contributed by atoms with Gasteiger partial charge in [-0.15, -0.1) is 0 Å². The van der Waals surface area contributed by atoms with Gasteiger partial charge in [-0.25, -0.2) is 0 Å². The molecule has 0 heterocycles. The van der Waals surface area contributed by atoms with Crippen molar-refractivity contribution in [2.24, 2.45) is 22.6 Å². The second-order valence-corrected chi connectivity index (χ2v) is 4.44. The topological polar surface area (TPSA) is 58.6 Å². The van der Waals surface area contributed by atoms with Crippen LogP contribution in [0.5, 0.6) is 0 Å². The fourth-order valence-corrected chi connectivity index (χ4v) is 1.55. The largest absolute Gasteiger partial charge is 0.401 e. The monoisotopic (exact) mass is 206 g/mol. The van der Waals surface area contributed by atoms with E-state index < -0.39 is 0 Å². The van der Waals surface area contributed by atoms with Gasteiger partial charge in [0.1, 0.15) is 0 Å². The number of aliphatic imine (C=N–C) groups is 1. The van der Waals surface area contributed by atoms with Crippen LogP contribution >= 0.6 is 0 Å². The van der Waals surface area contributed by atoms with Gasteiger partial charge in [0.25, 0.3) is 0 Å². The summed E-state index contributed by atoms with van der Waals surface area (Å²) in [5.41, 5.74) is 8.40. The first-order valence-corrected chi connectivity index (χ1v) is 5.54. The molecule has 0 aliphatic heterocycles. The molecule has 82 valence electrons. The van der Waals surface area contributed by atoms with Gasteiger partial charge < -0.3 is 10.8 Å². The molecule has 2 aliphatic rings. The zero-order valence-corrected chi connectivity index (χ0v) is 8.95. The van der Waals surface area contributed by atoms with E-state index in [1.807, 2.05) is 0 Å². The SMILES string of the molecule is C=C(N=C/C(CO)=C(\N)C1CC1)C1CC1. The first-order valence-electron chi connectivity index (χ1n) is 5.54. The van der Waals surface area contributed by atoms with Crippen LogP contribution < -0.4 is 5.73 Å². The molecule has 3 heteroatoms. The lowest BCUT2D eigenvalue weighted by molar-refractivity contribution is 0.336. The summed E-state index contributed by atoms with van der Waals surface area (Å²) in [6, 6.07) is 0. The summed E-state index contributed by atoms with van der Waals surface area (Å²) in [4.78, 5) is 4.27. The Hall–Kier alpha value is -1.09. The van der Waals surface area contributed by atoms with Crippen molar-refractivity contribution in [3.8, 4) is 0 Å². The standard InChI is InChI=1S/C12H18N2O/c1-8(9-2-3-9)14-6-11(7-15)12(13)10-4-5-10/h6,9-10,15H,1-5,7,13H2/b12-11+,14-6?. The summed E-state index contributed by atoms with van der Waals surface area (Å²) in [7, 11) is 0. The van der Waals surface area contributed by atoms with Gasteiger partial charge in [0.05, 0.1) is 6.61 Å². The normalized spacial score (nSPS) is 23.0. The second-order valence-electron chi connectivity index (χ2n) is 4.44. The van der Waals surface area contributed by atoms with Gasteiger partial charge in [-0.05, 0) is 31.6 Å². The van der Waals surface area contributed by atoms with Gasteiger partial charge in [-0.1, -0.05) is 6.58 Å². The molecule has 0 aromatic heterocycles. The third-order valence-electron chi connectivity index (χ3n) is 2.99. The number of aliphatic hydroxyl groups is 1. The van der Waals surface area contributed by atoms with Crippen molar-refractivity contribution >= 4 is 6.21 Å². The highest BCUT2D eigenvalue weighted by Gasteiger charge is 2.26. The molecule has 0 radical (unpaired) electrons. The molecule has 0 saturated heterocycles. The fraction of sp³-hybridized carbons (Fsp3) is 0.583. The molecule has 15 heavy (non-hydrogen) atoms. The number of hydrogen-bond acceptors (Lipinski definition) is 3. The first-order chi connectivity index (χ1) is 7.22. The van der Waals surface area contributed by atoms with Gasteiger partial charge in [0.15, 0.2) is 0 Å². The van der Waals surface area contributed by atoms with Gasteiger partial charge in [0.2, 0.25) is 0 Å². The molecule has 2 saturated carbocycles. The van der Waals surface area contributed by atoms with Crippen molar-refractivity contribution in [1.29, 1.82) is 0 Å². The van der Waals surface area contributed by atoms with Crippen LogP contribution in [-0.2, 0) is 0 Å². The van der Waals surface area contributed by atoms with E-state index in [9.17, 15) is 5.11 Å². The number of allylic oxidation sites excluding steroid dienone is 2. The molecule has 0 amide bonds. The minimum absolute atomic E-state index is 0.0240. The average Bonchev–Trinajstić information content (AvgIpc) is 3.05. The Morgan fingerprint density at radius 2 is 1.93 bits per heavy atom. The molecule has 0 aromatic rings.